The summed E-state index contributed by atoms with van der Waals surface area (Å²) in [6.45, 7) is 3.69. The molecule has 1 N–H and O–H groups in total. The molecule has 0 aliphatic rings. The van der Waals surface area contributed by atoms with Crippen LogP contribution in [0.1, 0.15) is 5.56 Å². The van der Waals surface area contributed by atoms with Gasteiger partial charge in [-0.2, -0.15) is 0 Å². The molecule has 0 fully saturated rings. The minimum absolute atomic E-state index is 0.348. The minimum atomic E-state index is -0.577. The summed E-state index contributed by atoms with van der Waals surface area (Å²) in [5.41, 5.74) is 1.72. The van der Waals surface area contributed by atoms with E-state index in [0.717, 1.165) is 11.6 Å². The molecular weight excluding hydrogens is 184 g/mol. The molecule has 1 aromatic heterocycles. The predicted octanol–water partition coefficient (Wildman–Crippen LogP) is 3.14. The average Bonchev–Trinajstić information content (AvgIpc) is 2.51. The summed E-state index contributed by atoms with van der Waals surface area (Å²) < 4.78 is 25.9. The van der Waals surface area contributed by atoms with Gasteiger partial charge in [0.05, 0.1) is 0 Å². The highest BCUT2D eigenvalue weighted by Crippen LogP contribution is 2.22. The molecule has 0 aliphatic heterocycles. The second-order valence-electron chi connectivity index (χ2n) is 3.05. The topological polar surface area (TPSA) is 15.8 Å². The Morgan fingerprint density at radius 1 is 1.14 bits per heavy atom. The van der Waals surface area contributed by atoms with E-state index in [0.29, 0.717) is 11.3 Å². The summed E-state index contributed by atoms with van der Waals surface area (Å²) in [6.07, 6.45) is 1.66. The SMILES string of the molecule is [CH2]c1c[nH]c(-c2ccc(F)cc2F)c1. The highest BCUT2D eigenvalue weighted by molar-refractivity contribution is 5.61. The highest BCUT2D eigenvalue weighted by atomic mass is 19.1. The summed E-state index contributed by atoms with van der Waals surface area (Å²) in [6, 6.07) is 5.19. The lowest BCUT2D eigenvalue weighted by Crippen LogP contribution is -1.85. The molecule has 0 amide bonds. The zero-order valence-electron chi connectivity index (χ0n) is 7.35. The molecule has 0 unspecified atom stereocenters. The van der Waals surface area contributed by atoms with Crippen LogP contribution >= 0.6 is 0 Å². The van der Waals surface area contributed by atoms with Gasteiger partial charge in [-0.1, -0.05) is 0 Å². The molecule has 1 radical (unpaired) electrons. The lowest BCUT2D eigenvalue weighted by Gasteiger charge is -1.99. The lowest BCUT2D eigenvalue weighted by atomic mass is 10.1. The molecule has 0 aliphatic carbocycles. The Labute approximate surface area is 80.4 Å². The van der Waals surface area contributed by atoms with E-state index in [1.165, 1.54) is 12.1 Å². The number of nitrogens with one attached hydrogen (secondary N) is 1. The first-order valence-corrected chi connectivity index (χ1v) is 4.12. The molecule has 71 valence electrons. The van der Waals surface area contributed by atoms with Crippen LogP contribution in [0.4, 0.5) is 8.78 Å². The number of rotatable bonds is 1. The van der Waals surface area contributed by atoms with Gasteiger partial charge in [-0.25, -0.2) is 8.78 Å². The number of benzene rings is 1. The minimum Gasteiger partial charge on any atom is -0.361 e. The monoisotopic (exact) mass is 192 g/mol. The van der Waals surface area contributed by atoms with Crippen LogP contribution in [-0.2, 0) is 0 Å². The number of H-pyrrole nitrogens is 1. The maximum Gasteiger partial charge on any atom is 0.135 e. The van der Waals surface area contributed by atoms with Crippen LogP contribution in [-0.4, -0.2) is 4.98 Å². The van der Waals surface area contributed by atoms with Crippen molar-refractivity contribution in [3.05, 3.63) is 54.6 Å². The molecule has 2 aromatic rings. The van der Waals surface area contributed by atoms with E-state index in [2.05, 4.69) is 11.9 Å². The van der Waals surface area contributed by atoms with Crippen LogP contribution in [0.2, 0.25) is 0 Å². The first kappa shape index (κ1) is 8.94. The Morgan fingerprint density at radius 3 is 2.50 bits per heavy atom. The number of hydrogen-bond donors (Lipinski definition) is 1. The van der Waals surface area contributed by atoms with Crippen LogP contribution in [0.25, 0.3) is 11.3 Å². The van der Waals surface area contributed by atoms with Gasteiger partial charge in [0.2, 0.25) is 0 Å². The Kier molecular flexibility index (Phi) is 2.08. The Balaban J connectivity index is 2.52. The molecule has 0 saturated heterocycles. The van der Waals surface area contributed by atoms with Crippen molar-refractivity contribution in [1.29, 1.82) is 0 Å². The van der Waals surface area contributed by atoms with Crippen LogP contribution in [0.15, 0.2) is 30.5 Å². The van der Waals surface area contributed by atoms with E-state index in [1.807, 2.05) is 0 Å². The Morgan fingerprint density at radius 2 is 1.93 bits per heavy atom. The molecule has 0 bridgehead atoms. The fourth-order valence-electron chi connectivity index (χ4n) is 1.30. The van der Waals surface area contributed by atoms with Gasteiger partial charge in [-0.05, 0) is 30.7 Å². The van der Waals surface area contributed by atoms with Gasteiger partial charge >= 0.3 is 0 Å². The van der Waals surface area contributed by atoms with E-state index < -0.39 is 11.6 Å². The number of hydrogen-bond acceptors (Lipinski definition) is 0. The van der Waals surface area contributed by atoms with E-state index in [-0.39, 0.29) is 0 Å². The van der Waals surface area contributed by atoms with E-state index >= 15 is 0 Å². The van der Waals surface area contributed by atoms with Gasteiger partial charge in [-0.15, -0.1) is 0 Å². The first-order valence-electron chi connectivity index (χ1n) is 4.12. The number of halogens is 2. The van der Waals surface area contributed by atoms with Crippen LogP contribution in [0.5, 0.6) is 0 Å². The number of aromatic nitrogens is 1. The van der Waals surface area contributed by atoms with Crippen LogP contribution in [0, 0.1) is 18.6 Å². The fraction of sp³-hybridized carbons (Fsp3) is 0. The van der Waals surface area contributed by atoms with Crippen molar-refractivity contribution in [3.8, 4) is 11.3 Å². The maximum absolute atomic E-state index is 13.3. The van der Waals surface area contributed by atoms with Crippen molar-refractivity contribution in [2.45, 2.75) is 0 Å². The average molecular weight is 192 g/mol. The zero-order chi connectivity index (χ0) is 10.1. The summed E-state index contributed by atoms with van der Waals surface area (Å²) >= 11 is 0. The largest absolute Gasteiger partial charge is 0.361 e. The molecule has 14 heavy (non-hydrogen) atoms. The van der Waals surface area contributed by atoms with Crippen molar-refractivity contribution in [3.63, 3.8) is 0 Å². The standard InChI is InChI=1S/C11H8F2N/c1-7-4-11(14-6-7)9-3-2-8(12)5-10(9)13/h2-6,14H,1H2. The lowest BCUT2D eigenvalue weighted by molar-refractivity contribution is 0.585. The third kappa shape index (κ3) is 1.53. The van der Waals surface area contributed by atoms with Gasteiger partial charge in [0.15, 0.2) is 0 Å². The van der Waals surface area contributed by atoms with Crippen LogP contribution < -0.4 is 0 Å². The highest BCUT2D eigenvalue weighted by Gasteiger charge is 2.07. The van der Waals surface area contributed by atoms with Gasteiger partial charge in [-0.3, -0.25) is 0 Å². The summed E-state index contributed by atoms with van der Waals surface area (Å²) in [4.78, 5) is 2.86. The second-order valence-corrected chi connectivity index (χ2v) is 3.05. The number of aromatic amines is 1. The van der Waals surface area contributed by atoms with Crippen molar-refractivity contribution in [2.75, 3.05) is 0 Å². The van der Waals surface area contributed by atoms with Crippen molar-refractivity contribution < 1.29 is 8.78 Å². The van der Waals surface area contributed by atoms with Gasteiger partial charge < -0.3 is 4.98 Å². The second kappa shape index (κ2) is 3.25. The van der Waals surface area contributed by atoms with Gasteiger partial charge in [0, 0.05) is 23.5 Å². The quantitative estimate of drug-likeness (QED) is 0.714. The normalized spacial score (nSPS) is 10.5. The first-order chi connectivity index (χ1) is 6.66. The third-order valence-corrected chi connectivity index (χ3v) is 1.96. The van der Waals surface area contributed by atoms with Crippen molar-refractivity contribution >= 4 is 0 Å². The molecule has 0 spiro atoms. The predicted molar refractivity (Wildman–Crippen MR) is 50.6 cm³/mol. The molecule has 1 heterocycles. The summed E-state index contributed by atoms with van der Waals surface area (Å²) in [7, 11) is 0. The zero-order valence-corrected chi connectivity index (χ0v) is 7.35. The van der Waals surface area contributed by atoms with Crippen molar-refractivity contribution in [2.24, 2.45) is 0 Å². The van der Waals surface area contributed by atoms with Crippen molar-refractivity contribution in [1.82, 2.24) is 4.98 Å². The molecule has 0 atom stereocenters. The smallest absolute Gasteiger partial charge is 0.135 e. The van der Waals surface area contributed by atoms with Crippen LogP contribution in [0.3, 0.4) is 0 Å². The third-order valence-electron chi connectivity index (χ3n) is 1.96. The Bertz CT molecular complexity index is 460. The van der Waals surface area contributed by atoms with E-state index in [1.54, 1.807) is 12.3 Å². The van der Waals surface area contributed by atoms with E-state index in [9.17, 15) is 8.78 Å². The molecule has 2 rings (SSSR count). The summed E-state index contributed by atoms with van der Waals surface area (Å²) in [5.74, 6) is -1.15. The molecular formula is C11H8F2N. The van der Waals surface area contributed by atoms with Gasteiger partial charge in [0.1, 0.15) is 11.6 Å². The fourth-order valence-corrected chi connectivity index (χ4v) is 1.30. The molecule has 3 heteroatoms. The summed E-state index contributed by atoms with van der Waals surface area (Å²) in [5, 5.41) is 0. The molecule has 1 aromatic carbocycles. The van der Waals surface area contributed by atoms with Gasteiger partial charge in [0.25, 0.3) is 0 Å². The molecule has 0 saturated carbocycles. The Hall–Kier alpha value is -1.64. The maximum atomic E-state index is 13.3. The molecule has 1 nitrogen and oxygen atoms in total. The van der Waals surface area contributed by atoms with E-state index in [4.69, 9.17) is 0 Å².